The van der Waals surface area contributed by atoms with E-state index in [9.17, 15) is 0 Å². The Bertz CT molecular complexity index is 232. The molecule has 0 amide bonds. The lowest BCUT2D eigenvalue weighted by Crippen LogP contribution is -1.73. The number of rotatable bonds is 0. The van der Waals surface area contributed by atoms with E-state index in [1.54, 1.807) is 22.0 Å². The lowest BCUT2D eigenvalue weighted by atomic mass is 10.8. The van der Waals surface area contributed by atoms with E-state index < -0.39 is 0 Å². The number of thiazole rings is 1. The fourth-order valence-electron chi connectivity index (χ4n) is 0.617. The minimum Gasteiger partial charge on any atom is -0.229 e. The zero-order valence-corrected chi connectivity index (χ0v) is 4.85. The molecule has 0 saturated heterocycles. The van der Waals surface area contributed by atoms with Crippen LogP contribution in [0, 0.1) is 5.38 Å². The number of nitrogens with zero attached hydrogens (tertiary/aromatic N) is 2. The van der Waals surface area contributed by atoms with Gasteiger partial charge in [-0.15, -0.1) is 11.3 Å². The van der Waals surface area contributed by atoms with Crippen molar-refractivity contribution >= 4 is 16.2 Å². The van der Waals surface area contributed by atoms with Crippen LogP contribution in [0.15, 0.2) is 18.5 Å². The molecule has 0 aliphatic rings. The molecule has 0 atom stereocenters. The van der Waals surface area contributed by atoms with Crippen LogP contribution in [0.2, 0.25) is 0 Å². The Balaban J connectivity index is 3.06. The van der Waals surface area contributed by atoms with Crippen molar-refractivity contribution in [3.63, 3.8) is 0 Å². The van der Waals surface area contributed by atoms with Crippen LogP contribution in [-0.4, -0.2) is 9.61 Å². The maximum absolute atomic E-state index is 3.97. The predicted molar refractivity (Wildman–Crippen MR) is 31.9 cm³/mol. The minimum atomic E-state index is 1.14. The van der Waals surface area contributed by atoms with Crippen LogP contribution in [0.1, 0.15) is 0 Å². The molecule has 2 aromatic heterocycles. The molecule has 3 heteroatoms. The summed E-state index contributed by atoms with van der Waals surface area (Å²) in [5.41, 5.74) is 0. The van der Waals surface area contributed by atoms with Gasteiger partial charge in [-0.1, -0.05) is 0 Å². The normalized spacial score (nSPS) is 10.5. The van der Waals surface area contributed by atoms with Crippen LogP contribution in [0.5, 0.6) is 0 Å². The quantitative estimate of drug-likeness (QED) is 0.514. The minimum absolute atomic E-state index is 1.14. The van der Waals surface area contributed by atoms with Crippen molar-refractivity contribution in [1.29, 1.82) is 0 Å². The van der Waals surface area contributed by atoms with Crippen molar-refractivity contribution < 1.29 is 0 Å². The van der Waals surface area contributed by atoms with Crippen molar-refractivity contribution in [3.8, 4) is 0 Å². The SMILES string of the molecule is [c]1cn2nccc2s1. The van der Waals surface area contributed by atoms with E-state index >= 15 is 0 Å². The Morgan fingerprint density at radius 2 is 2.75 bits per heavy atom. The zero-order valence-electron chi connectivity index (χ0n) is 4.03. The van der Waals surface area contributed by atoms with Crippen LogP contribution < -0.4 is 0 Å². The second-order valence-corrected chi connectivity index (χ2v) is 2.32. The van der Waals surface area contributed by atoms with Gasteiger partial charge in [0.25, 0.3) is 0 Å². The van der Waals surface area contributed by atoms with E-state index in [1.807, 2.05) is 12.3 Å². The van der Waals surface area contributed by atoms with Gasteiger partial charge in [0.05, 0.1) is 11.6 Å². The summed E-state index contributed by atoms with van der Waals surface area (Å²) < 4.78 is 1.80. The molecule has 39 valence electrons. The first-order chi connectivity index (χ1) is 3.97. The van der Waals surface area contributed by atoms with Crippen LogP contribution in [-0.2, 0) is 0 Å². The zero-order chi connectivity index (χ0) is 5.40. The highest BCUT2D eigenvalue weighted by Gasteiger charge is 1.89. The van der Waals surface area contributed by atoms with Gasteiger partial charge >= 0.3 is 0 Å². The molecular formula is C5H3N2S. The summed E-state index contributed by atoms with van der Waals surface area (Å²) in [6.07, 6.45) is 3.60. The summed E-state index contributed by atoms with van der Waals surface area (Å²) in [6.45, 7) is 0. The summed E-state index contributed by atoms with van der Waals surface area (Å²) in [6, 6.07) is 1.96. The van der Waals surface area contributed by atoms with Gasteiger partial charge in [-0.3, -0.25) is 0 Å². The highest BCUT2D eigenvalue weighted by molar-refractivity contribution is 7.15. The summed E-state index contributed by atoms with van der Waals surface area (Å²) in [4.78, 5) is 1.14. The van der Waals surface area contributed by atoms with E-state index in [1.165, 1.54) is 0 Å². The van der Waals surface area contributed by atoms with Gasteiger partial charge in [0.15, 0.2) is 0 Å². The Labute approximate surface area is 50.4 Å². The second-order valence-electron chi connectivity index (χ2n) is 1.46. The molecule has 2 rings (SSSR count). The fourth-order valence-corrected chi connectivity index (χ4v) is 1.21. The number of hydrogen-bond donors (Lipinski definition) is 0. The molecule has 2 nitrogen and oxygen atoms in total. The summed E-state index contributed by atoms with van der Waals surface area (Å²) >= 11 is 1.57. The first kappa shape index (κ1) is 4.09. The molecule has 0 fully saturated rings. The molecule has 1 radical (unpaired) electrons. The molecular weight excluding hydrogens is 120 g/mol. The van der Waals surface area contributed by atoms with Gasteiger partial charge < -0.3 is 0 Å². The smallest absolute Gasteiger partial charge is 0.119 e. The van der Waals surface area contributed by atoms with Gasteiger partial charge in [0, 0.05) is 6.20 Å². The molecule has 0 saturated carbocycles. The number of fused-ring (bicyclic) bond motifs is 1. The number of hydrogen-bond acceptors (Lipinski definition) is 2. The molecule has 0 aromatic carbocycles. The topological polar surface area (TPSA) is 17.3 Å². The van der Waals surface area contributed by atoms with Crippen LogP contribution >= 0.6 is 11.3 Å². The van der Waals surface area contributed by atoms with E-state index in [-0.39, 0.29) is 0 Å². The first-order valence-corrected chi connectivity index (χ1v) is 3.08. The second kappa shape index (κ2) is 1.32. The van der Waals surface area contributed by atoms with Gasteiger partial charge in [0.2, 0.25) is 0 Å². The lowest BCUT2D eigenvalue weighted by molar-refractivity contribution is 0.977. The summed E-state index contributed by atoms with van der Waals surface area (Å²) in [7, 11) is 0. The Morgan fingerprint density at radius 1 is 1.75 bits per heavy atom. The molecule has 0 aliphatic carbocycles. The molecule has 0 bridgehead atoms. The summed E-state index contributed by atoms with van der Waals surface area (Å²) in [5, 5.41) is 6.93. The van der Waals surface area contributed by atoms with Gasteiger partial charge in [-0.2, -0.15) is 5.10 Å². The molecule has 2 heterocycles. The van der Waals surface area contributed by atoms with Gasteiger partial charge in [-0.05, 0) is 6.07 Å². The Morgan fingerprint density at radius 3 is 3.62 bits per heavy atom. The predicted octanol–water partition coefficient (Wildman–Crippen LogP) is 1.20. The maximum atomic E-state index is 3.97. The van der Waals surface area contributed by atoms with Crippen molar-refractivity contribution in [2.45, 2.75) is 0 Å². The standard InChI is InChI=1S/C5H3N2S/c1-2-6-7-3-4-8-5(1)7/h1-3H. The van der Waals surface area contributed by atoms with E-state index in [4.69, 9.17) is 0 Å². The Kier molecular flexibility index (Phi) is 0.676. The van der Waals surface area contributed by atoms with Crippen molar-refractivity contribution in [2.24, 2.45) is 0 Å². The first-order valence-electron chi connectivity index (χ1n) is 2.26. The largest absolute Gasteiger partial charge is 0.229 e. The van der Waals surface area contributed by atoms with Crippen molar-refractivity contribution in [3.05, 3.63) is 23.8 Å². The third kappa shape index (κ3) is 0.391. The van der Waals surface area contributed by atoms with E-state index in [0.29, 0.717) is 0 Å². The lowest BCUT2D eigenvalue weighted by Gasteiger charge is -1.71. The average molecular weight is 123 g/mol. The molecule has 0 aliphatic heterocycles. The molecule has 2 aromatic rings. The van der Waals surface area contributed by atoms with Crippen LogP contribution in [0.25, 0.3) is 4.83 Å². The van der Waals surface area contributed by atoms with Gasteiger partial charge in [0.1, 0.15) is 4.83 Å². The third-order valence-electron chi connectivity index (χ3n) is 0.972. The van der Waals surface area contributed by atoms with Gasteiger partial charge in [-0.25, -0.2) is 4.52 Å². The van der Waals surface area contributed by atoms with E-state index in [2.05, 4.69) is 10.5 Å². The van der Waals surface area contributed by atoms with Crippen molar-refractivity contribution in [2.75, 3.05) is 0 Å². The highest BCUT2D eigenvalue weighted by atomic mass is 32.1. The average Bonchev–Trinajstić information content (AvgIpc) is 2.15. The van der Waals surface area contributed by atoms with E-state index in [0.717, 1.165) is 4.83 Å². The van der Waals surface area contributed by atoms with Crippen LogP contribution in [0.3, 0.4) is 0 Å². The highest BCUT2D eigenvalue weighted by Crippen LogP contribution is 2.07. The molecule has 8 heavy (non-hydrogen) atoms. The monoisotopic (exact) mass is 123 g/mol. The Hall–Kier alpha value is -0.830. The fraction of sp³-hybridized carbons (Fsp3) is 0. The summed E-state index contributed by atoms with van der Waals surface area (Å²) in [5.74, 6) is 0. The van der Waals surface area contributed by atoms with Crippen LogP contribution in [0.4, 0.5) is 0 Å². The molecule has 0 spiro atoms. The molecule has 0 unspecified atom stereocenters. The number of aromatic nitrogens is 2. The maximum Gasteiger partial charge on any atom is 0.119 e. The molecule has 0 N–H and O–H groups in total. The van der Waals surface area contributed by atoms with Crippen molar-refractivity contribution in [1.82, 2.24) is 9.61 Å². The third-order valence-corrected chi connectivity index (χ3v) is 1.73.